The molecule has 0 atom stereocenters. The molecule has 0 spiro atoms. The Hall–Kier alpha value is -1.50. The summed E-state index contributed by atoms with van der Waals surface area (Å²) in [6, 6.07) is 5.69. The minimum absolute atomic E-state index is 0.371. The van der Waals surface area contributed by atoms with Crippen LogP contribution in [0.25, 0.3) is 6.08 Å². The molecule has 0 saturated carbocycles. The molecule has 0 fully saturated rings. The maximum absolute atomic E-state index is 9.60. The number of aryl methyl sites for hydroxylation is 1. The topological polar surface area (TPSA) is 20.2 Å². The Morgan fingerprint density at radius 2 is 2.00 bits per heavy atom. The second kappa shape index (κ2) is 9.43. The maximum Gasteiger partial charge on any atom is 0.115 e. The molecule has 104 valence electrons. The van der Waals surface area contributed by atoms with Crippen molar-refractivity contribution in [2.24, 2.45) is 0 Å². The van der Waals surface area contributed by atoms with E-state index in [4.69, 9.17) is 0 Å². The summed E-state index contributed by atoms with van der Waals surface area (Å²) in [7, 11) is 0. The molecule has 19 heavy (non-hydrogen) atoms. The SMILES string of the molecule is C=CCCC/C=C/c1ccc(O)cc1CCCCC. The van der Waals surface area contributed by atoms with E-state index in [2.05, 4.69) is 25.7 Å². The van der Waals surface area contributed by atoms with Crippen molar-refractivity contribution in [3.8, 4) is 5.75 Å². The summed E-state index contributed by atoms with van der Waals surface area (Å²) in [5.41, 5.74) is 2.50. The molecule has 0 radical (unpaired) electrons. The van der Waals surface area contributed by atoms with E-state index >= 15 is 0 Å². The zero-order valence-corrected chi connectivity index (χ0v) is 12.1. The number of allylic oxidation sites excluding steroid dienone is 2. The summed E-state index contributed by atoms with van der Waals surface area (Å²) in [4.78, 5) is 0. The molecule has 1 rings (SSSR count). The van der Waals surface area contributed by atoms with Gasteiger partial charge in [0.2, 0.25) is 0 Å². The van der Waals surface area contributed by atoms with E-state index in [1.165, 1.54) is 30.4 Å². The van der Waals surface area contributed by atoms with Gasteiger partial charge in [-0.2, -0.15) is 0 Å². The number of unbranched alkanes of at least 4 members (excludes halogenated alkanes) is 4. The number of rotatable bonds is 9. The Bertz CT molecular complexity index is 404. The van der Waals surface area contributed by atoms with Crippen LogP contribution in [0.2, 0.25) is 0 Å². The first-order chi connectivity index (χ1) is 9.27. The first-order valence-electron chi connectivity index (χ1n) is 7.37. The Labute approximate surface area is 117 Å². The lowest BCUT2D eigenvalue weighted by atomic mass is 10.00. The highest BCUT2D eigenvalue weighted by Gasteiger charge is 2.01. The van der Waals surface area contributed by atoms with Crippen molar-refractivity contribution < 1.29 is 5.11 Å². The minimum atomic E-state index is 0.371. The Balaban J connectivity index is 2.61. The third-order valence-electron chi connectivity index (χ3n) is 3.25. The highest BCUT2D eigenvalue weighted by molar-refractivity contribution is 5.55. The van der Waals surface area contributed by atoms with Crippen LogP contribution in [0.5, 0.6) is 5.75 Å². The molecule has 0 unspecified atom stereocenters. The third-order valence-corrected chi connectivity index (χ3v) is 3.25. The smallest absolute Gasteiger partial charge is 0.115 e. The number of hydrogen-bond donors (Lipinski definition) is 1. The number of phenols is 1. The lowest BCUT2D eigenvalue weighted by Crippen LogP contribution is -1.90. The van der Waals surface area contributed by atoms with Crippen LogP contribution in [-0.4, -0.2) is 5.11 Å². The highest BCUT2D eigenvalue weighted by atomic mass is 16.3. The lowest BCUT2D eigenvalue weighted by Gasteiger charge is -2.06. The Morgan fingerprint density at radius 3 is 2.74 bits per heavy atom. The van der Waals surface area contributed by atoms with Crippen LogP contribution in [0.1, 0.15) is 56.6 Å². The van der Waals surface area contributed by atoms with Crippen molar-refractivity contribution in [3.05, 3.63) is 48.1 Å². The molecule has 0 amide bonds. The van der Waals surface area contributed by atoms with Crippen LogP contribution in [0.3, 0.4) is 0 Å². The van der Waals surface area contributed by atoms with Gasteiger partial charge in [-0.25, -0.2) is 0 Å². The third kappa shape index (κ3) is 6.28. The number of aromatic hydroxyl groups is 1. The normalized spacial score (nSPS) is 11.0. The Morgan fingerprint density at radius 1 is 1.16 bits per heavy atom. The lowest BCUT2D eigenvalue weighted by molar-refractivity contribution is 0.474. The van der Waals surface area contributed by atoms with E-state index in [0.717, 1.165) is 25.7 Å². The quantitative estimate of drug-likeness (QED) is 0.458. The van der Waals surface area contributed by atoms with Crippen LogP contribution < -0.4 is 0 Å². The molecule has 1 aromatic rings. The average Bonchev–Trinajstić information content (AvgIpc) is 2.41. The Kier molecular flexibility index (Phi) is 7.72. The summed E-state index contributed by atoms with van der Waals surface area (Å²) in [6.07, 6.45) is 14.4. The fourth-order valence-corrected chi connectivity index (χ4v) is 2.13. The van der Waals surface area contributed by atoms with Crippen molar-refractivity contribution in [1.82, 2.24) is 0 Å². The zero-order chi connectivity index (χ0) is 13.9. The predicted molar refractivity (Wildman–Crippen MR) is 84.4 cm³/mol. The molecule has 0 aromatic heterocycles. The van der Waals surface area contributed by atoms with Gasteiger partial charge in [0.25, 0.3) is 0 Å². The van der Waals surface area contributed by atoms with Gasteiger partial charge in [-0.1, -0.05) is 44.1 Å². The van der Waals surface area contributed by atoms with Crippen molar-refractivity contribution in [2.45, 2.75) is 51.9 Å². The van der Waals surface area contributed by atoms with Gasteiger partial charge in [-0.05, 0) is 55.4 Å². The van der Waals surface area contributed by atoms with Gasteiger partial charge in [0.05, 0.1) is 0 Å². The first kappa shape index (κ1) is 15.6. The van der Waals surface area contributed by atoms with Crippen molar-refractivity contribution in [3.63, 3.8) is 0 Å². The molecule has 1 N–H and O–H groups in total. The van der Waals surface area contributed by atoms with E-state index in [0.29, 0.717) is 5.75 Å². The summed E-state index contributed by atoms with van der Waals surface area (Å²) in [5, 5.41) is 9.60. The minimum Gasteiger partial charge on any atom is -0.508 e. The molecule has 1 heteroatoms. The molecule has 0 aliphatic heterocycles. The van der Waals surface area contributed by atoms with Gasteiger partial charge >= 0.3 is 0 Å². The van der Waals surface area contributed by atoms with Crippen molar-refractivity contribution in [2.75, 3.05) is 0 Å². The molecule has 0 bridgehead atoms. The van der Waals surface area contributed by atoms with Crippen LogP contribution in [0, 0.1) is 0 Å². The van der Waals surface area contributed by atoms with E-state index in [9.17, 15) is 5.11 Å². The first-order valence-corrected chi connectivity index (χ1v) is 7.37. The molecule has 0 heterocycles. The monoisotopic (exact) mass is 258 g/mol. The summed E-state index contributed by atoms with van der Waals surface area (Å²) >= 11 is 0. The van der Waals surface area contributed by atoms with Gasteiger partial charge in [0.15, 0.2) is 0 Å². The van der Waals surface area contributed by atoms with Crippen LogP contribution in [0.4, 0.5) is 0 Å². The predicted octanol–water partition coefficient (Wildman–Crippen LogP) is 5.49. The van der Waals surface area contributed by atoms with Crippen LogP contribution in [-0.2, 0) is 6.42 Å². The van der Waals surface area contributed by atoms with Gasteiger partial charge < -0.3 is 5.11 Å². The van der Waals surface area contributed by atoms with Crippen molar-refractivity contribution in [1.29, 1.82) is 0 Å². The summed E-state index contributed by atoms with van der Waals surface area (Å²) < 4.78 is 0. The van der Waals surface area contributed by atoms with Gasteiger partial charge in [0, 0.05) is 0 Å². The number of hydrogen-bond acceptors (Lipinski definition) is 1. The van der Waals surface area contributed by atoms with Gasteiger partial charge in [0.1, 0.15) is 5.75 Å². The summed E-state index contributed by atoms with van der Waals surface area (Å²) in [5.74, 6) is 0.371. The highest BCUT2D eigenvalue weighted by Crippen LogP contribution is 2.20. The zero-order valence-electron chi connectivity index (χ0n) is 12.1. The van der Waals surface area contributed by atoms with Crippen LogP contribution in [0.15, 0.2) is 36.9 Å². The molecular formula is C18H26O. The number of phenolic OH excluding ortho intramolecular Hbond substituents is 1. The van der Waals surface area contributed by atoms with Crippen molar-refractivity contribution >= 4 is 6.08 Å². The average molecular weight is 258 g/mol. The summed E-state index contributed by atoms with van der Waals surface area (Å²) in [6.45, 7) is 5.94. The molecule has 1 aromatic carbocycles. The molecule has 1 nitrogen and oxygen atoms in total. The standard InChI is InChI=1S/C18H26O/c1-3-5-7-8-10-11-16-13-14-18(19)15-17(16)12-9-6-4-2/h3,10-11,13-15,19H,1,4-9,12H2,2H3/b11-10+. The van der Waals surface area contributed by atoms with E-state index in [1.807, 2.05) is 18.2 Å². The fraction of sp³-hybridized carbons (Fsp3) is 0.444. The van der Waals surface area contributed by atoms with E-state index in [-0.39, 0.29) is 0 Å². The molecule has 0 aliphatic carbocycles. The van der Waals surface area contributed by atoms with Gasteiger partial charge in [-0.15, -0.1) is 6.58 Å². The van der Waals surface area contributed by atoms with E-state index in [1.54, 1.807) is 6.07 Å². The largest absolute Gasteiger partial charge is 0.508 e. The molecule has 0 saturated heterocycles. The second-order valence-electron chi connectivity index (χ2n) is 4.96. The van der Waals surface area contributed by atoms with Gasteiger partial charge in [-0.3, -0.25) is 0 Å². The van der Waals surface area contributed by atoms with E-state index < -0.39 is 0 Å². The molecular weight excluding hydrogens is 232 g/mol. The number of benzene rings is 1. The molecule has 0 aliphatic rings. The fourth-order valence-electron chi connectivity index (χ4n) is 2.13. The second-order valence-corrected chi connectivity index (χ2v) is 4.96. The van der Waals surface area contributed by atoms with Crippen LogP contribution >= 0.6 is 0 Å². The maximum atomic E-state index is 9.60.